The third-order valence-electron chi connectivity index (χ3n) is 5.90. The Hall–Kier alpha value is -4.67. The number of hydrogen-bond donors (Lipinski definition) is 3. The number of fused-ring (bicyclic) bond motifs is 1. The number of nitrogens with zero attached hydrogens (tertiary/aromatic N) is 5. The van der Waals surface area contributed by atoms with E-state index in [2.05, 4.69) is 15.3 Å². The molecule has 3 heterocycles. The summed E-state index contributed by atoms with van der Waals surface area (Å²) in [5.74, 6) is -0.112. The zero-order chi connectivity index (χ0) is 23.8. The number of hydrogen-bond acceptors (Lipinski definition) is 6. The SMILES string of the molecule is Nc1ncnc2c1n(-c1ccc(NC(=O)c3ccccc3)cc1)c(=O)n2C1CCN(C(=O)O)C1. The first-order valence-corrected chi connectivity index (χ1v) is 10.6. The van der Waals surface area contributed by atoms with Gasteiger partial charge in [-0.05, 0) is 42.8 Å². The number of nitrogen functional groups attached to an aromatic ring is 1. The second-order valence-electron chi connectivity index (χ2n) is 7.96. The largest absolute Gasteiger partial charge is 0.465 e. The van der Waals surface area contributed by atoms with Gasteiger partial charge in [0.1, 0.15) is 11.8 Å². The average molecular weight is 459 g/mol. The Bertz CT molecular complexity index is 1440. The van der Waals surface area contributed by atoms with Crippen molar-refractivity contribution in [2.75, 3.05) is 24.1 Å². The molecule has 1 aliphatic rings. The van der Waals surface area contributed by atoms with Crippen LogP contribution in [0.25, 0.3) is 16.9 Å². The molecule has 0 radical (unpaired) electrons. The molecule has 2 aromatic carbocycles. The van der Waals surface area contributed by atoms with E-state index in [1.807, 2.05) is 6.07 Å². The third-order valence-corrected chi connectivity index (χ3v) is 5.90. The van der Waals surface area contributed by atoms with E-state index in [-0.39, 0.29) is 30.0 Å². The number of likely N-dealkylation sites (tertiary alicyclic amines) is 1. The van der Waals surface area contributed by atoms with Crippen molar-refractivity contribution in [2.45, 2.75) is 12.5 Å². The molecule has 4 N–H and O–H groups in total. The molecule has 2 aromatic heterocycles. The van der Waals surface area contributed by atoms with Crippen LogP contribution in [0.2, 0.25) is 0 Å². The van der Waals surface area contributed by atoms with Crippen LogP contribution < -0.4 is 16.7 Å². The fraction of sp³-hybridized carbons (Fsp3) is 0.174. The Morgan fingerprint density at radius 1 is 1.06 bits per heavy atom. The highest BCUT2D eigenvalue weighted by Gasteiger charge is 2.31. The predicted octanol–water partition coefficient (Wildman–Crippen LogP) is 2.34. The molecule has 1 unspecified atom stereocenters. The highest BCUT2D eigenvalue weighted by molar-refractivity contribution is 6.04. The number of carboxylic acid groups (broad SMARTS) is 1. The Morgan fingerprint density at radius 2 is 1.79 bits per heavy atom. The smallest absolute Gasteiger partial charge is 0.407 e. The minimum atomic E-state index is -1.03. The van der Waals surface area contributed by atoms with Crippen molar-refractivity contribution in [3.63, 3.8) is 0 Å². The summed E-state index contributed by atoms with van der Waals surface area (Å²) in [6, 6.07) is 15.2. The van der Waals surface area contributed by atoms with Gasteiger partial charge in [-0.1, -0.05) is 18.2 Å². The van der Waals surface area contributed by atoms with Gasteiger partial charge in [0.2, 0.25) is 0 Å². The fourth-order valence-electron chi connectivity index (χ4n) is 4.25. The van der Waals surface area contributed by atoms with E-state index in [4.69, 9.17) is 5.73 Å². The van der Waals surface area contributed by atoms with E-state index in [1.54, 1.807) is 48.5 Å². The normalized spacial score (nSPS) is 15.5. The van der Waals surface area contributed by atoms with E-state index in [0.29, 0.717) is 41.1 Å². The molecule has 0 saturated carbocycles. The Morgan fingerprint density at radius 3 is 2.47 bits per heavy atom. The van der Waals surface area contributed by atoms with Crippen LogP contribution in [-0.2, 0) is 0 Å². The quantitative estimate of drug-likeness (QED) is 0.424. The number of imidazole rings is 1. The molecular weight excluding hydrogens is 438 g/mol. The van der Waals surface area contributed by atoms with Crippen LogP contribution in [0, 0.1) is 0 Å². The summed E-state index contributed by atoms with van der Waals surface area (Å²) in [6.07, 6.45) is 0.741. The molecule has 1 atom stereocenters. The van der Waals surface area contributed by atoms with E-state index in [9.17, 15) is 19.5 Å². The minimum Gasteiger partial charge on any atom is -0.465 e. The van der Waals surface area contributed by atoms with Crippen molar-refractivity contribution in [2.24, 2.45) is 0 Å². The number of nitrogens with two attached hydrogens (primary N) is 1. The Kier molecular flexibility index (Phi) is 5.21. The molecular formula is C23H21N7O4. The van der Waals surface area contributed by atoms with Gasteiger partial charge in [-0.25, -0.2) is 19.6 Å². The van der Waals surface area contributed by atoms with E-state index >= 15 is 0 Å². The summed E-state index contributed by atoms with van der Waals surface area (Å²) >= 11 is 0. The van der Waals surface area contributed by atoms with Crippen molar-refractivity contribution in [1.82, 2.24) is 24.0 Å². The second-order valence-corrected chi connectivity index (χ2v) is 7.96. The summed E-state index contributed by atoms with van der Waals surface area (Å²) < 4.78 is 2.90. The van der Waals surface area contributed by atoms with Crippen molar-refractivity contribution < 1.29 is 14.7 Å². The molecule has 11 heteroatoms. The Balaban J connectivity index is 1.52. The number of anilines is 2. The lowest BCUT2D eigenvalue weighted by atomic mass is 10.2. The molecule has 11 nitrogen and oxygen atoms in total. The topological polar surface area (TPSA) is 148 Å². The maximum Gasteiger partial charge on any atom is 0.407 e. The second kappa shape index (κ2) is 8.35. The van der Waals surface area contributed by atoms with Gasteiger partial charge in [-0.15, -0.1) is 0 Å². The highest BCUT2D eigenvalue weighted by atomic mass is 16.4. The molecule has 1 aliphatic heterocycles. The Labute approximate surface area is 193 Å². The summed E-state index contributed by atoms with van der Waals surface area (Å²) in [5, 5.41) is 12.1. The van der Waals surface area contributed by atoms with Crippen LogP contribution in [0.3, 0.4) is 0 Å². The van der Waals surface area contributed by atoms with Gasteiger partial charge in [0.05, 0.1) is 11.7 Å². The third kappa shape index (κ3) is 3.62. The van der Waals surface area contributed by atoms with Crippen molar-refractivity contribution in [3.8, 4) is 5.69 Å². The molecule has 5 rings (SSSR count). The number of rotatable bonds is 4. The number of benzene rings is 2. The van der Waals surface area contributed by atoms with Gasteiger partial charge < -0.3 is 21.1 Å². The number of aromatic nitrogens is 4. The molecule has 2 amide bonds. The van der Waals surface area contributed by atoms with E-state index < -0.39 is 6.09 Å². The highest BCUT2D eigenvalue weighted by Crippen LogP contribution is 2.27. The minimum absolute atomic E-state index is 0.135. The molecule has 4 aromatic rings. The monoisotopic (exact) mass is 459 g/mol. The fourth-order valence-corrected chi connectivity index (χ4v) is 4.25. The molecule has 34 heavy (non-hydrogen) atoms. The molecule has 0 aliphatic carbocycles. The van der Waals surface area contributed by atoms with Crippen LogP contribution in [0.1, 0.15) is 22.8 Å². The first kappa shape index (κ1) is 21.2. The lowest BCUT2D eigenvalue weighted by Crippen LogP contribution is -2.31. The standard InChI is InChI=1S/C23H21N7O4/c24-19-18-20(26-13-25-19)30(17-10-11-28(12-17)23(33)34)22(32)29(18)16-8-6-15(7-9-16)27-21(31)14-4-2-1-3-5-14/h1-9,13,17H,10-12H2,(H,27,31)(H,33,34)(H2,24,25,26). The van der Waals surface area contributed by atoms with Crippen LogP contribution in [0.5, 0.6) is 0 Å². The summed E-state index contributed by atoms with van der Waals surface area (Å²) in [7, 11) is 0. The van der Waals surface area contributed by atoms with Crippen LogP contribution in [0.15, 0.2) is 65.7 Å². The zero-order valence-corrected chi connectivity index (χ0v) is 18.0. The lowest BCUT2D eigenvalue weighted by Gasteiger charge is -2.13. The van der Waals surface area contributed by atoms with Gasteiger partial charge >= 0.3 is 11.8 Å². The van der Waals surface area contributed by atoms with Crippen molar-refractivity contribution >= 4 is 34.7 Å². The lowest BCUT2D eigenvalue weighted by molar-refractivity contribution is 0.102. The van der Waals surface area contributed by atoms with Crippen molar-refractivity contribution in [1.29, 1.82) is 0 Å². The first-order chi connectivity index (χ1) is 16.4. The summed E-state index contributed by atoms with van der Waals surface area (Å²) in [5.41, 5.74) is 8.04. The molecule has 1 saturated heterocycles. The zero-order valence-electron chi connectivity index (χ0n) is 18.0. The maximum absolute atomic E-state index is 13.5. The van der Waals surface area contributed by atoms with Crippen LogP contribution in [0.4, 0.5) is 16.3 Å². The van der Waals surface area contributed by atoms with Crippen LogP contribution in [-0.4, -0.2) is 54.2 Å². The van der Waals surface area contributed by atoms with Gasteiger partial charge in [0.15, 0.2) is 11.5 Å². The van der Waals surface area contributed by atoms with E-state index in [0.717, 1.165) is 0 Å². The molecule has 0 bridgehead atoms. The predicted molar refractivity (Wildman–Crippen MR) is 125 cm³/mol. The molecule has 172 valence electrons. The molecule has 1 fully saturated rings. The van der Waals surface area contributed by atoms with Gasteiger partial charge in [-0.3, -0.25) is 13.9 Å². The number of carbonyl (C=O) groups excluding carboxylic acids is 1. The van der Waals surface area contributed by atoms with Crippen molar-refractivity contribution in [3.05, 3.63) is 77.0 Å². The van der Waals surface area contributed by atoms with E-state index in [1.165, 1.54) is 20.4 Å². The number of amides is 2. The maximum atomic E-state index is 13.5. The van der Waals surface area contributed by atoms with Crippen LogP contribution >= 0.6 is 0 Å². The van der Waals surface area contributed by atoms with Gasteiger partial charge in [0, 0.05) is 24.3 Å². The summed E-state index contributed by atoms with van der Waals surface area (Å²) in [4.78, 5) is 46.9. The number of carbonyl (C=O) groups is 2. The van der Waals surface area contributed by atoms with Gasteiger partial charge in [-0.2, -0.15) is 0 Å². The molecule has 0 spiro atoms. The average Bonchev–Trinajstić information content (AvgIpc) is 3.43. The summed E-state index contributed by atoms with van der Waals surface area (Å²) in [6.45, 7) is 0.512. The first-order valence-electron chi connectivity index (χ1n) is 10.6. The number of nitrogens with one attached hydrogen (secondary N) is 1. The van der Waals surface area contributed by atoms with Gasteiger partial charge in [0.25, 0.3) is 5.91 Å².